The van der Waals surface area contributed by atoms with Crippen LogP contribution in [-0.2, 0) is 11.3 Å². The third-order valence-electron chi connectivity index (χ3n) is 2.27. The summed E-state index contributed by atoms with van der Waals surface area (Å²) in [5.41, 5.74) is 0.985. The normalized spacial score (nSPS) is 10.1. The molecule has 2 aromatic rings. The first-order chi connectivity index (χ1) is 8.68. The molecule has 0 aliphatic heterocycles. The SMILES string of the molecule is O=C(OCc1ccccc1)c1c(Cl)ccnc1Cl. The van der Waals surface area contributed by atoms with Gasteiger partial charge in [-0.2, -0.15) is 0 Å². The zero-order valence-corrected chi connectivity index (χ0v) is 10.8. The summed E-state index contributed by atoms with van der Waals surface area (Å²) < 4.78 is 5.13. The Morgan fingerprint density at radius 1 is 1.17 bits per heavy atom. The van der Waals surface area contributed by atoms with E-state index in [0.29, 0.717) is 0 Å². The number of aromatic nitrogens is 1. The first-order valence-corrected chi connectivity index (χ1v) is 5.95. The molecule has 0 spiro atoms. The number of carbonyl (C=O) groups excluding carboxylic acids is 1. The van der Waals surface area contributed by atoms with Crippen molar-refractivity contribution in [3.05, 3.63) is 63.9 Å². The topological polar surface area (TPSA) is 39.2 Å². The highest BCUT2D eigenvalue weighted by molar-refractivity contribution is 6.38. The third kappa shape index (κ3) is 3.00. The van der Waals surface area contributed by atoms with E-state index in [0.717, 1.165) is 5.56 Å². The van der Waals surface area contributed by atoms with Crippen molar-refractivity contribution in [3.63, 3.8) is 0 Å². The zero-order chi connectivity index (χ0) is 13.0. The molecular formula is C13H9Cl2NO2. The summed E-state index contributed by atoms with van der Waals surface area (Å²) in [6.45, 7) is 0.168. The van der Waals surface area contributed by atoms with Crippen LogP contribution in [0.15, 0.2) is 42.6 Å². The fourth-order valence-corrected chi connectivity index (χ4v) is 1.90. The Morgan fingerprint density at radius 3 is 2.56 bits per heavy atom. The number of hydrogen-bond donors (Lipinski definition) is 0. The predicted octanol–water partition coefficient (Wildman–Crippen LogP) is 3.75. The summed E-state index contributed by atoms with van der Waals surface area (Å²) >= 11 is 11.7. The Balaban J connectivity index is 2.09. The minimum absolute atomic E-state index is 0.0422. The molecule has 1 aromatic heterocycles. The summed E-state index contributed by atoms with van der Waals surface area (Å²) in [7, 11) is 0. The summed E-state index contributed by atoms with van der Waals surface area (Å²) in [6, 6.07) is 10.8. The Morgan fingerprint density at radius 2 is 1.89 bits per heavy atom. The van der Waals surface area contributed by atoms with Gasteiger partial charge in [0.2, 0.25) is 0 Å². The predicted molar refractivity (Wildman–Crippen MR) is 69.8 cm³/mol. The van der Waals surface area contributed by atoms with Gasteiger partial charge in [-0.3, -0.25) is 0 Å². The van der Waals surface area contributed by atoms with E-state index in [1.807, 2.05) is 30.3 Å². The number of nitrogens with zero attached hydrogens (tertiary/aromatic N) is 1. The van der Waals surface area contributed by atoms with Gasteiger partial charge in [-0.05, 0) is 11.6 Å². The number of esters is 1. The van der Waals surface area contributed by atoms with Crippen molar-refractivity contribution < 1.29 is 9.53 Å². The van der Waals surface area contributed by atoms with Gasteiger partial charge in [0.1, 0.15) is 17.3 Å². The molecule has 0 radical (unpaired) electrons. The minimum atomic E-state index is -0.582. The highest BCUT2D eigenvalue weighted by Crippen LogP contribution is 2.23. The van der Waals surface area contributed by atoms with Crippen molar-refractivity contribution in [3.8, 4) is 0 Å². The molecule has 0 saturated carbocycles. The van der Waals surface area contributed by atoms with Crippen LogP contribution in [0.1, 0.15) is 15.9 Å². The summed E-state index contributed by atoms with van der Waals surface area (Å²) in [5.74, 6) is -0.582. The van der Waals surface area contributed by atoms with E-state index in [1.165, 1.54) is 12.3 Å². The number of halogens is 2. The van der Waals surface area contributed by atoms with Crippen molar-refractivity contribution in [2.24, 2.45) is 0 Å². The number of benzene rings is 1. The molecule has 0 fully saturated rings. The molecular weight excluding hydrogens is 273 g/mol. The smallest absolute Gasteiger partial charge is 0.343 e. The number of hydrogen-bond acceptors (Lipinski definition) is 3. The zero-order valence-electron chi connectivity index (χ0n) is 9.27. The lowest BCUT2D eigenvalue weighted by Gasteiger charge is -2.07. The van der Waals surface area contributed by atoms with Crippen LogP contribution in [0.25, 0.3) is 0 Å². The lowest BCUT2D eigenvalue weighted by atomic mass is 10.2. The van der Waals surface area contributed by atoms with Crippen molar-refractivity contribution in [1.82, 2.24) is 4.98 Å². The molecule has 0 amide bonds. The van der Waals surface area contributed by atoms with E-state index in [2.05, 4.69) is 4.98 Å². The Labute approximate surface area is 114 Å². The van der Waals surface area contributed by atoms with Crippen LogP contribution < -0.4 is 0 Å². The standard InChI is InChI=1S/C13H9Cl2NO2/c14-10-6-7-16-12(15)11(10)13(17)18-8-9-4-2-1-3-5-9/h1-7H,8H2. The first kappa shape index (κ1) is 12.9. The Bertz CT molecular complexity index is 538. The average molecular weight is 282 g/mol. The molecule has 5 heteroatoms. The molecule has 0 N–H and O–H groups in total. The van der Waals surface area contributed by atoms with E-state index in [4.69, 9.17) is 27.9 Å². The number of rotatable bonds is 3. The van der Waals surface area contributed by atoms with Crippen LogP contribution in [0.4, 0.5) is 0 Å². The number of ether oxygens (including phenoxy) is 1. The van der Waals surface area contributed by atoms with Crippen LogP contribution in [-0.4, -0.2) is 11.0 Å². The Hall–Kier alpha value is -1.58. The van der Waals surface area contributed by atoms with E-state index >= 15 is 0 Å². The summed E-state index contributed by atoms with van der Waals surface area (Å²) in [6.07, 6.45) is 1.43. The van der Waals surface area contributed by atoms with Crippen LogP contribution in [0.2, 0.25) is 10.2 Å². The molecule has 0 bridgehead atoms. The minimum Gasteiger partial charge on any atom is -0.457 e. The van der Waals surface area contributed by atoms with E-state index in [-0.39, 0.29) is 22.3 Å². The largest absolute Gasteiger partial charge is 0.457 e. The molecule has 92 valence electrons. The van der Waals surface area contributed by atoms with Crippen LogP contribution >= 0.6 is 23.2 Å². The van der Waals surface area contributed by atoms with Gasteiger partial charge < -0.3 is 4.74 Å². The van der Waals surface area contributed by atoms with Crippen molar-refractivity contribution in [2.45, 2.75) is 6.61 Å². The van der Waals surface area contributed by atoms with Gasteiger partial charge >= 0.3 is 5.97 Å². The molecule has 0 unspecified atom stereocenters. The Kier molecular flexibility index (Phi) is 4.18. The highest BCUT2D eigenvalue weighted by Gasteiger charge is 2.17. The highest BCUT2D eigenvalue weighted by atomic mass is 35.5. The lowest BCUT2D eigenvalue weighted by Crippen LogP contribution is -2.07. The summed E-state index contributed by atoms with van der Waals surface area (Å²) in [4.78, 5) is 15.6. The van der Waals surface area contributed by atoms with Gasteiger partial charge in [-0.25, -0.2) is 9.78 Å². The van der Waals surface area contributed by atoms with Gasteiger partial charge in [0.05, 0.1) is 5.02 Å². The second kappa shape index (κ2) is 5.85. The molecule has 0 atom stereocenters. The molecule has 0 aliphatic carbocycles. The van der Waals surface area contributed by atoms with Crippen LogP contribution in [0.3, 0.4) is 0 Å². The average Bonchev–Trinajstić information content (AvgIpc) is 2.37. The maximum absolute atomic E-state index is 11.8. The van der Waals surface area contributed by atoms with E-state index in [9.17, 15) is 4.79 Å². The molecule has 3 nitrogen and oxygen atoms in total. The molecule has 18 heavy (non-hydrogen) atoms. The van der Waals surface area contributed by atoms with Crippen molar-refractivity contribution in [2.75, 3.05) is 0 Å². The third-order valence-corrected chi connectivity index (χ3v) is 2.87. The van der Waals surface area contributed by atoms with E-state index < -0.39 is 5.97 Å². The maximum atomic E-state index is 11.8. The molecule has 0 saturated heterocycles. The quantitative estimate of drug-likeness (QED) is 0.635. The monoisotopic (exact) mass is 281 g/mol. The van der Waals surface area contributed by atoms with Crippen molar-refractivity contribution in [1.29, 1.82) is 0 Å². The first-order valence-electron chi connectivity index (χ1n) is 5.19. The fourth-order valence-electron chi connectivity index (χ4n) is 1.39. The molecule has 0 aliphatic rings. The number of pyridine rings is 1. The van der Waals surface area contributed by atoms with Gasteiger partial charge in [0, 0.05) is 6.20 Å². The van der Waals surface area contributed by atoms with Gasteiger partial charge in [-0.1, -0.05) is 53.5 Å². The van der Waals surface area contributed by atoms with Gasteiger partial charge in [-0.15, -0.1) is 0 Å². The molecule has 1 heterocycles. The van der Waals surface area contributed by atoms with Crippen LogP contribution in [0, 0.1) is 0 Å². The maximum Gasteiger partial charge on any atom is 0.343 e. The molecule has 1 aromatic carbocycles. The van der Waals surface area contributed by atoms with Gasteiger partial charge in [0.25, 0.3) is 0 Å². The van der Waals surface area contributed by atoms with Crippen molar-refractivity contribution >= 4 is 29.2 Å². The van der Waals surface area contributed by atoms with Crippen LogP contribution in [0.5, 0.6) is 0 Å². The fraction of sp³-hybridized carbons (Fsp3) is 0.0769. The second-order valence-electron chi connectivity index (χ2n) is 3.52. The van der Waals surface area contributed by atoms with E-state index in [1.54, 1.807) is 0 Å². The second-order valence-corrected chi connectivity index (χ2v) is 4.29. The number of carbonyl (C=O) groups is 1. The molecule has 2 rings (SSSR count). The lowest BCUT2D eigenvalue weighted by molar-refractivity contribution is 0.0472. The summed E-state index contributed by atoms with van der Waals surface area (Å²) in [5, 5.41) is 0.272. The van der Waals surface area contributed by atoms with Gasteiger partial charge in [0.15, 0.2) is 0 Å².